The van der Waals surface area contributed by atoms with Crippen LogP contribution in [0.2, 0.25) is 0 Å². The minimum Gasteiger partial charge on any atom is -0.339 e. The molecule has 1 atom stereocenters. The van der Waals surface area contributed by atoms with E-state index in [-0.39, 0.29) is 17.3 Å². The summed E-state index contributed by atoms with van der Waals surface area (Å²) in [4.78, 5) is 18.3. The van der Waals surface area contributed by atoms with Crippen molar-refractivity contribution in [2.45, 2.75) is 38.5 Å². The molecule has 1 amide bonds. The molecule has 4 rings (SSSR count). The predicted molar refractivity (Wildman–Crippen MR) is 118 cm³/mol. The van der Waals surface area contributed by atoms with Crippen LogP contribution in [-0.2, 0) is 14.8 Å². The van der Waals surface area contributed by atoms with Crippen molar-refractivity contribution in [1.29, 1.82) is 0 Å². The Morgan fingerprint density at radius 3 is 2.75 bits per heavy atom. The van der Waals surface area contributed by atoms with Gasteiger partial charge in [0.25, 0.3) is 0 Å². The topological polar surface area (TPSA) is 105 Å². The van der Waals surface area contributed by atoms with E-state index in [4.69, 9.17) is 4.52 Å². The van der Waals surface area contributed by atoms with Crippen molar-refractivity contribution in [3.8, 4) is 10.7 Å². The SMILES string of the molecule is Cc1nc(-c2cc(S(=O)(=O)N3CCC[C@@H](C(=O)Nc4ccc(C)c(F)c4)C3)c(C)s2)no1. The zero-order valence-electron chi connectivity index (χ0n) is 17.9. The third-order valence-electron chi connectivity index (χ3n) is 5.43. The molecule has 1 saturated heterocycles. The Kier molecular flexibility index (Phi) is 6.15. The molecular formula is C21H23FN4O4S2. The number of halogens is 1. The molecule has 32 heavy (non-hydrogen) atoms. The van der Waals surface area contributed by atoms with Gasteiger partial charge in [0.1, 0.15) is 5.82 Å². The second-order valence-corrected chi connectivity index (χ2v) is 11.0. The Labute approximate surface area is 189 Å². The van der Waals surface area contributed by atoms with E-state index in [2.05, 4.69) is 15.5 Å². The van der Waals surface area contributed by atoms with Gasteiger partial charge in [0, 0.05) is 30.6 Å². The molecule has 0 radical (unpaired) electrons. The summed E-state index contributed by atoms with van der Waals surface area (Å²) in [7, 11) is -3.81. The lowest BCUT2D eigenvalue weighted by molar-refractivity contribution is -0.120. The smallest absolute Gasteiger partial charge is 0.244 e. The minimum atomic E-state index is -3.81. The lowest BCUT2D eigenvalue weighted by atomic mass is 9.98. The van der Waals surface area contributed by atoms with Gasteiger partial charge in [0.2, 0.25) is 27.6 Å². The molecule has 0 spiro atoms. The average molecular weight is 479 g/mol. The first kappa shape index (κ1) is 22.6. The maximum atomic E-state index is 13.8. The van der Waals surface area contributed by atoms with Gasteiger partial charge in [-0.1, -0.05) is 11.2 Å². The summed E-state index contributed by atoms with van der Waals surface area (Å²) in [6.07, 6.45) is 1.11. The number of rotatable bonds is 5. The van der Waals surface area contributed by atoms with E-state index >= 15 is 0 Å². The number of hydrogen-bond donors (Lipinski definition) is 1. The first-order chi connectivity index (χ1) is 15.1. The van der Waals surface area contributed by atoms with Crippen LogP contribution in [0, 0.1) is 32.5 Å². The number of aryl methyl sites for hydroxylation is 3. The van der Waals surface area contributed by atoms with Gasteiger partial charge >= 0.3 is 0 Å². The standard InChI is InChI=1S/C21H23FN4O4S2/c1-12-6-7-16(9-17(12)22)24-21(27)15-5-4-8-26(11-15)32(28,29)19-10-18(31-13(19)2)20-23-14(3)30-25-20/h6-7,9-10,15H,4-5,8,11H2,1-3H3,(H,24,27)/t15-/m1/s1. The van der Waals surface area contributed by atoms with Crippen molar-refractivity contribution in [3.05, 3.63) is 46.4 Å². The van der Waals surface area contributed by atoms with E-state index in [1.807, 2.05) is 0 Å². The van der Waals surface area contributed by atoms with E-state index in [1.165, 1.54) is 21.7 Å². The second-order valence-electron chi connectivity index (χ2n) is 7.82. The molecular weight excluding hydrogens is 455 g/mol. The Morgan fingerprint density at radius 1 is 1.28 bits per heavy atom. The Hall–Kier alpha value is -2.63. The average Bonchev–Trinajstić information content (AvgIpc) is 3.36. The molecule has 2 aromatic heterocycles. The molecule has 8 nitrogen and oxygen atoms in total. The van der Waals surface area contributed by atoms with Gasteiger partial charge in [-0.15, -0.1) is 11.3 Å². The van der Waals surface area contributed by atoms with E-state index in [9.17, 15) is 17.6 Å². The second kappa shape index (κ2) is 8.72. The molecule has 3 aromatic rings. The summed E-state index contributed by atoms with van der Waals surface area (Å²) in [5.74, 6) is -0.512. The van der Waals surface area contributed by atoms with E-state index < -0.39 is 21.8 Å². The Morgan fingerprint density at radius 2 is 2.06 bits per heavy atom. The van der Waals surface area contributed by atoms with Gasteiger partial charge in [0.05, 0.1) is 15.7 Å². The number of anilines is 1. The molecule has 0 aliphatic carbocycles. The zero-order chi connectivity index (χ0) is 23.0. The van der Waals surface area contributed by atoms with Crippen molar-refractivity contribution in [1.82, 2.24) is 14.4 Å². The highest BCUT2D eigenvalue weighted by Crippen LogP contribution is 2.35. The lowest BCUT2D eigenvalue weighted by Gasteiger charge is -2.31. The number of amides is 1. The van der Waals surface area contributed by atoms with Crippen LogP contribution in [0.5, 0.6) is 0 Å². The van der Waals surface area contributed by atoms with Gasteiger partial charge < -0.3 is 9.84 Å². The van der Waals surface area contributed by atoms with Gasteiger partial charge in [-0.05, 0) is 50.5 Å². The first-order valence-electron chi connectivity index (χ1n) is 10.1. The summed E-state index contributed by atoms with van der Waals surface area (Å²) < 4.78 is 46.8. The number of thiophene rings is 1. The fourth-order valence-electron chi connectivity index (χ4n) is 3.66. The number of carbonyl (C=O) groups is 1. The molecule has 0 bridgehead atoms. The van der Waals surface area contributed by atoms with E-state index in [0.717, 1.165) is 0 Å². The maximum absolute atomic E-state index is 13.8. The van der Waals surface area contributed by atoms with Gasteiger partial charge in [0.15, 0.2) is 0 Å². The summed E-state index contributed by atoms with van der Waals surface area (Å²) in [5, 5.41) is 6.56. The van der Waals surface area contributed by atoms with Crippen LogP contribution in [0.1, 0.15) is 29.2 Å². The molecule has 0 unspecified atom stereocenters. The van der Waals surface area contributed by atoms with Gasteiger partial charge in [-0.25, -0.2) is 12.8 Å². The molecule has 11 heteroatoms. The van der Waals surface area contributed by atoms with Crippen LogP contribution in [0.3, 0.4) is 0 Å². The molecule has 3 heterocycles. The van der Waals surface area contributed by atoms with E-state index in [0.29, 0.717) is 52.1 Å². The van der Waals surface area contributed by atoms with Gasteiger partial charge in [-0.2, -0.15) is 9.29 Å². The molecule has 1 N–H and O–H groups in total. The normalized spacial score (nSPS) is 17.4. The van der Waals surface area contributed by atoms with Crippen LogP contribution in [0.25, 0.3) is 10.7 Å². The summed E-state index contributed by atoms with van der Waals surface area (Å²) >= 11 is 1.28. The number of carbonyl (C=O) groups excluding carboxylic acids is 1. The van der Waals surface area contributed by atoms with Crippen LogP contribution < -0.4 is 5.32 Å². The van der Waals surface area contributed by atoms with Crippen molar-refractivity contribution in [2.75, 3.05) is 18.4 Å². The molecule has 1 fully saturated rings. The zero-order valence-corrected chi connectivity index (χ0v) is 19.5. The number of aromatic nitrogens is 2. The van der Waals surface area contributed by atoms with Crippen molar-refractivity contribution in [2.24, 2.45) is 5.92 Å². The Balaban J connectivity index is 1.51. The number of nitrogens with one attached hydrogen (secondary N) is 1. The molecule has 1 aliphatic rings. The van der Waals surface area contributed by atoms with Gasteiger partial charge in [-0.3, -0.25) is 4.79 Å². The van der Waals surface area contributed by atoms with Crippen LogP contribution in [0.4, 0.5) is 10.1 Å². The lowest BCUT2D eigenvalue weighted by Crippen LogP contribution is -2.43. The fraction of sp³-hybridized carbons (Fsp3) is 0.381. The predicted octanol–water partition coefficient (Wildman–Crippen LogP) is 3.90. The van der Waals surface area contributed by atoms with E-state index in [1.54, 1.807) is 39.0 Å². The van der Waals surface area contributed by atoms with Crippen molar-refractivity contribution in [3.63, 3.8) is 0 Å². The molecule has 1 aromatic carbocycles. The number of benzene rings is 1. The fourth-order valence-corrected chi connectivity index (χ4v) is 6.67. The molecule has 1 aliphatic heterocycles. The van der Waals surface area contributed by atoms with Crippen molar-refractivity contribution < 1.29 is 22.1 Å². The highest BCUT2D eigenvalue weighted by atomic mass is 32.2. The summed E-state index contributed by atoms with van der Waals surface area (Å²) in [5.41, 5.74) is 0.839. The number of piperidine rings is 1. The van der Waals surface area contributed by atoms with Crippen LogP contribution >= 0.6 is 11.3 Å². The first-order valence-corrected chi connectivity index (χ1v) is 12.4. The molecule has 0 saturated carbocycles. The number of sulfonamides is 1. The third-order valence-corrected chi connectivity index (χ3v) is 8.60. The highest BCUT2D eigenvalue weighted by Gasteiger charge is 2.35. The molecule has 170 valence electrons. The quantitative estimate of drug-likeness (QED) is 0.596. The third kappa shape index (κ3) is 4.45. The van der Waals surface area contributed by atoms with Crippen molar-refractivity contribution >= 4 is 33.0 Å². The summed E-state index contributed by atoms with van der Waals surface area (Å²) in [6.45, 7) is 5.43. The Bertz CT molecular complexity index is 1270. The van der Waals surface area contributed by atoms with Crippen LogP contribution in [0.15, 0.2) is 33.7 Å². The van der Waals surface area contributed by atoms with Crippen LogP contribution in [-0.4, -0.2) is 41.9 Å². The number of nitrogens with zero attached hydrogens (tertiary/aromatic N) is 3. The maximum Gasteiger partial charge on any atom is 0.244 e. The largest absolute Gasteiger partial charge is 0.339 e. The minimum absolute atomic E-state index is 0.0639. The summed E-state index contributed by atoms with van der Waals surface area (Å²) in [6, 6.07) is 6.03. The highest BCUT2D eigenvalue weighted by molar-refractivity contribution is 7.89. The number of hydrogen-bond acceptors (Lipinski definition) is 7. The monoisotopic (exact) mass is 478 g/mol.